The Bertz CT molecular complexity index is 795. The summed E-state index contributed by atoms with van der Waals surface area (Å²) in [5, 5.41) is 0. The van der Waals surface area contributed by atoms with Gasteiger partial charge in [0.2, 0.25) is 5.91 Å². The SMILES string of the molecule is O=C(C1CC1)N1CCCC1c1ncc(-c2cccc(C(F)(F)F)c2)[nH]1. The van der Waals surface area contributed by atoms with E-state index < -0.39 is 11.7 Å². The normalized spacial score (nSPS) is 20.9. The predicted molar refractivity (Wildman–Crippen MR) is 85.4 cm³/mol. The van der Waals surface area contributed by atoms with E-state index in [1.54, 1.807) is 12.3 Å². The summed E-state index contributed by atoms with van der Waals surface area (Å²) in [5.74, 6) is 0.983. The van der Waals surface area contributed by atoms with Gasteiger partial charge in [-0.15, -0.1) is 0 Å². The van der Waals surface area contributed by atoms with Gasteiger partial charge < -0.3 is 9.88 Å². The summed E-state index contributed by atoms with van der Waals surface area (Å²) >= 11 is 0. The van der Waals surface area contributed by atoms with E-state index in [0.29, 0.717) is 17.1 Å². The minimum atomic E-state index is -4.38. The van der Waals surface area contributed by atoms with Gasteiger partial charge >= 0.3 is 6.18 Å². The zero-order valence-electron chi connectivity index (χ0n) is 13.5. The topological polar surface area (TPSA) is 49.0 Å². The van der Waals surface area contributed by atoms with Crippen molar-refractivity contribution >= 4 is 5.91 Å². The fourth-order valence-electron chi connectivity index (χ4n) is 3.40. The number of nitrogens with zero attached hydrogens (tertiary/aromatic N) is 2. The Morgan fingerprint density at radius 3 is 2.76 bits per heavy atom. The summed E-state index contributed by atoms with van der Waals surface area (Å²) in [6, 6.07) is 5.06. The monoisotopic (exact) mass is 349 g/mol. The summed E-state index contributed by atoms with van der Waals surface area (Å²) in [6.07, 6.45) is 0.822. The largest absolute Gasteiger partial charge is 0.416 e. The molecule has 1 amide bonds. The second-order valence-electron chi connectivity index (χ2n) is 6.72. The number of rotatable bonds is 3. The Kier molecular flexibility index (Phi) is 3.81. The molecule has 2 aliphatic rings. The fourth-order valence-corrected chi connectivity index (χ4v) is 3.40. The van der Waals surface area contributed by atoms with Gasteiger partial charge in [0.25, 0.3) is 0 Å². The fraction of sp³-hybridized carbons (Fsp3) is 0.444. The molecule has 1 unspecified atom stereocenters. The van der Waals surface area contributed by atoms with E-state index in [4.69, 9.17) is 0 Å². The average molecular weight is 349 g/mol. The molecule has 1 saturated heterocycles. The van der Waals surface area contributed by atoms with Crippen molar-refractivity contribution in [3.05, 3.63) is 41.9 Å². The lowest BCUT2D eigenvalue weighted by Crippen LogP contribution is -2.32. The lowest BCUT2D eigenvalue weighted by atomic mass is 10.1. The zero-order chi connectivity index (χ0) is 17.6. The number of carbonyl (C=O) groups excluding carboxylic acids is 1. The van der Waals surface area contributed by atoms with E-state index in [9.17, 15) is 18.0 Å². The van der Waals surface area contributed by atoms with Crippen LogP contribution in [-0.2, 0) is 11.0 Å². The number of imidazole rings is 1. The maximum absolute atomic E-state index is 12.9. The van der Waals surface area contributed by atoms with E-state index in [1.165, 1.54) is 6.07 Å². The molecule has 1 saturated carbocycles. The van der Waals surface area contributed by atoms with Crippen LogP contribution in [0.25, 0.3) is 11.3 Å². The number of hydrogen-bond donors (Lipinski definition) is 1. The second-order valence-corrected chi connectivity index (χ2v) is 6.72. The van der Waals surface area contributed by atoms with Crippen LogP contribution in [0.5, 0.6) is 0 Å². The quantitative estimate of drug-likeness (QED) is 0.904. The zero-order valence-corrected chi connectivity index (χ0v) is 13.5. The van der Waals surface area contributed by atoms with Crippen molar-refractivity contribution in [2.24, 2.45) is 5.92 Å². The molecule has 132 valence electrons. The van der Waals surface area contributed by atoms with Crippen molar-refractivity contribution < 1.29 is 18.0 Å². The molecule has 4 rings (SSSR count). The highest BCUT2D eigenvalue weighted by Crippen LogP contribution is 2.38. The van der Waals surface area contributed by atoms with Crippen LogP contribution in [0.1, 0.15) is 43.1 Å². The van der Waals surface area contributed by atoms with Gasteiger partial charge in [-0.25, -0.2) is 4.98 Å². The maximum Gasteiger partial charge on any atom is 0.416 e. The van der Waals surface area contributed by atoms with E-state index in [-0.39, 0.29) is 17.9 Å². The van der Waals surface area contributed by atoms with Gasteiger partial charge in [-0.2, -0.15) is 13.2 Å². The number of H-pyrrole nitrogens is 1. The highest BCUT2D eigenvalue weighted by atomic mass is 19.4. The van der Waals surface area contributed by atoms with Crippen LogP contribution in [-0.4, -0.2) is 27.3 Å². The molecule has 2 fully saturated rings. The summed E-state index contributed by atoms with van der Waals surface area (Å²) in [5.41, 5.74) is 0.283. The van der Waals surface area contributed by atoms with Gasteiger partial charge in [0, 0.05) is 18.0 Å². The molecule has 1 aromatic heterocycles. The standard InChI is InChI=1S/C18H18F3N3O/c19-18(20,21)13-4-1-3-12(9-13)14-10-22-16(23-14)15-5-2-8-24(15)17(25)11-6-7-11/h1,3-4,9-11,15H,2,5-8H2,(H,22,23). The van der Waals surface area contributed by atoms with Crippen molar-refractivity contribution in [1.29, 1.82) is 0 Å². The molecular weight excluding hydrogens is 331 g/mol. The van der Waals surface area contributed by atoms with Gasteiger partial charge in [0.15, 0.2) is 0 Å². The Morgan fingerprint density at radius 2 is 2.04 bits per heavy atom. The number of benzene rings is 1. The third kappa shape index (κ3) is 3.15. The van der Waals surface area contributed by atoms with Crippen molar-refractivity contribution in [3.63, 3.8) is 0 Å². The molecule has 1 atom stereocenters. The van der Waals surface area contributed by atoms with Crippen LogP contribution in [0.3, 0.4) is 0 Å². The van der Waals surface area contributed by atoms with Crippen molar-refractivity contribution in [3.8, 4) is 11.3 Å². The lowest BCUT2D eigenvalue weighted by molar-refractivity contribution is -0.137. The Morgan fingerprint density at radius 1 is 1.24 bits per heavy atom. The molecular formula is C18H18F3N3O. The second kappa shape index (κ2) is 5.89. The third-order valence-corrected chi connectivity index (χ3v) is 4.87. The Labute approximate surface area is 143 Å². The van der Waals surface area contributed by atoms with Crippen molar-refractivity contribution in [2.75, 3.05) is 6.54 Å². The highest BCUT2D eigenvalue weighted by Gasteiger charge is 2.39. The molecule has 0 spiro atoms. The molecule has 25 heavy (non-hydrogen) atoms. The van der Waals surface area contributed by atoms with Gasteiger partial charge in [-0.1, -0.05) is 12.1 Å². The lowest BCUT2D eigenvalue weighted by Gasteiger charge is -2.23. The summed E-state index contributed by atoms with van der Waals surface area (Å²) in [6.45, 7) is 0.722. The van der Waals surface area contributed by atoms with Crippen molar-refractivity contribution in [2.45, 2.75) is 37.9 Å². The molecule has 7 heteroatoms. The molecule has 0 bridgehead atoms. The van der Waals surface area contributed by atoms with Crippen molar-refractivity contribution in [1.82, 2.24) is 14.9 Å². The molecule has 1 N–H and O–H groups in total. The van der Waals surface area contributed by atoms with Crippen LogP contribution in [0.2, 0.25) is 0 Å². The van der Waals surface area contributed by atoms with Crippen LogP contribution in [0.4, 0.5) is 13.2 Å². The van der Waals surface area contributed by atoms with E-state index in [0.717, 1.165) is 44.4 Å². The number of hydrogen-bond acceptors (Lipinski definition) is 2. The first-order chi connectivity index (χ1) is 11.9. The first kappa shape index (κ1) is 16.2. The van der Waals surface area contributed by atoms with Crippen LogP contribution < -0.4 is 0 Å². The molecule has 1 aliphatic heterocycles. The number of aromatic amines is 1. The first-order valence-corrected chi connectivity index (χ1v) is 8.46. The van der Waals surface area contributed by atoms with Crippen LogP contribution >= 0.6 is 0 Å². The van der Waals surface area contributed by atoms with E-state index >= 15 is 0 Å². The first-order valence-electron chi connectivity index (χ1n) is 8.46. The average Bonchev–Trinajstić information content (AvgIpc) is 3.12. The number of carbonyl (C=O) groups is 1. The Balaban J connectivity index is 1.59. The summed E-state index contributed by atoms with van der Waals surface area (Å²) < 4.78 is 38.7. The molecule has 1 aromatic carbocycles. The van der Waals surface area contributed by atoms with Gasteiger partial charge in [-0.3, -0.25) is 4.79 Å². The molecule has 2 aromatic rings. The van der Waals surface area contributed by atoms with E-state index in [1.807, 2.05) is 4.90 Å². The number of likely N-dealkylation sites (tertiary alicyclic amines) is 1. The van der Waals surface area contributed by atoms with Crippen LogP contribution in [0, 0.1) is 5.92 Å². The number of halogens is 3. The predicted octanol–water partition coefficient (Wildman–Crippen LogP) is 4.17. The van der Waals surface area contributed by atoms with Gasteiger partial charge in [-0.05, 0) is 37.8 Å². The van der Waals surface area contributed by atoms with Gasteiger partial charge in [0.05, 0.1) is 23.5 Å². The van der Waals surface area contributed by atoms with Crippen LogP contribution in [0.15, 0.2) is 30.5 Å². The molecule has 4 nitrogen and oxygen atoms in total. The highest BCUT2D eigenvalue weighted by molar-refractivity contribution is 5.81. The number of amides is 1. The number of aromatic nitrogens is 2. The Hall–Kier alpha value is -2.31. The minimum absolute atomic E-state index is 0.104. The number of nitrogens with one attached hydrogen (secondary N) is 1. The number of alkyl halides is 3. The smallest absolute Gasteiger partial charge is 0.340 e. The van der Waals surface area contributed by atoms with Gasteiger partial charge in [0.1, 0.15) is 5.82 Å². The summed E-state index contributed by atoms with van der Waals surface area (Å²) in [4.78, 5) is 21.7. The third-order valence-electron chi connectivity index (χ3n) is 4.87. The minimum Gasteiger partial charge on any atom is -0.340 e. The molecule has 0 radical (unpaired) electrons. The van der Waals surface area contributed by atoms with E-state index in [2.05, 4.69) is 9.97 Å². The maximum atomic E-state index is 12.9. The molecule has 2 heterocycles. The summed E-state index contributed by atoms with van der Waals surface area (Å²) in [7, 11) is 0. The molecule has 1 aliphatic carbocycles.